The molecule has 2 rings (SSSR count). The summed E-state index contributed by atoms with van der Waals surface area (Å²) in [6.45, 7) is 7.21. The van der Waals surface area contributed by atoms with Crippen molar-refractivity contribution in [1.29, 1.82) is 0 Å². The quantitative estimate of drug-likeness (QED) is 0.685. The van der Waals surface area contributed by atoms with Crippen LogP contribution in [0, 0.1) is 6.92 Å². The maximum atomic E-state index is 12.5. The van der Waals surface area contributed by atoms with Crippen LogP contribution in [0.4, 0.5) is 11.4 Å². The average Bonchev–Trinajstić information content (AvgIpc) is 2.61. The fourth-order valence-electron chi connectivity index (χ4n) is 2.62. The first-order valence-electron chi connectivity index (χ1n) is 8.75. The Morgan fingerprint density at radius 1 is 1.12 bits per heavy atom. The van der Waals surface area contributed by atoms with Crippen LogP contribution in [0.3, 0.4) is 0 Å². The van der Waals surface area contributed by atoms with E-state index in [9.17, 15) is 4.79 Å². The normalized spacial score (nSPS) is 10.5. The van der Waals surface area contributed by atoms with E-state index in [4.69, 9.17) is 0 Å². The maximum absolute atomic E-state index is 12.5. The number of unbranched alkanes of at least 4 members (excludes halogenated alkanes) is 2. The predicted molar refractivity (Wildman–Crippen MR) is 101 cm³/mol. The van der Waals surface area contributed by atoms with Gasteiger partial charge < -0.3 is 10.6 Å². The Kier molecular flexibility index (Phi) is 6.79. The first-order chi connectivity index (χ1) is 11.7. The van der Waals surface area contributed by atoms with Gasteiger partial charge in [0.25, 0.3) is 5.91 Å². The van der Waals surface area contributed by atoms with Crippen molar-refractivity contribution in [2.75, 3.05) is 17.2 Å². The zero-order valence-electron chi connectivity index (χ0n) is 14.9. The maximum Gasteiger partial charge on any atom is 0.274 e. The lowest BCUT2D eigenvalue weighted by atomic mass is 10.1. The lowest BCUT2D eigenvalue weighted by Crippen LogP contribution is -2.16. The summed E-state index contributed by atoms with van der Waals surface area (Å²) in [7, 11) is 0. The number of nitrogens with one attached hydrogen (secondary N) is 2. The summed E-state index contributed by atoms with van der Waals surface area (Å²) in [4.78, 5) is 16.7. The summed E-state index contributed by atoms with van der Waals surface area (Å²) in [6.07, 6.45) is 6.17. The molecule has 2 aromatic rings. The topological polar surface area (TPSA) is 54.0 Å². The summed E-state index contributed by atoms with van der Waals surface area (Å²) in [5.41, 5.74) is 4.48. The van der Waals surface area contributed by atoms with Gasteiger partial charge in [-0.25, -0.2) is 4.98 Å². The third-order valence-electron chi connectivity index (χ3n) is 4.08. The van der Waals surface area contributed by atoms with Crippen molar-refractivity contribution in [3.63, 3.8) is 0 Å². The first kappa shape index (κ1) is 18.0. The number of pyridine rings is 1. The summed E-state index contributed by atoms with van der Waals surface area (Å²) >= 11 is 0. The third kappa shape index (κ3) is 4.82. The van der Waals surface area contributed by atoms with E-state index in [-0.39, 0.29) is 5.91 Å². The Morgan fingerprint density at radius 3 is 2.62 bits per heavy atom. The molecule has 1 aromatic heterocycles. The molecule has 0 radical (unpaired) electrons. The standard InChI is InChI=1S/C20H27N3O/c1-4-6-7-13-21-17-11-12-18(22-14-17)20(24)23-19-15(3)9-8-10-16(19)5-2/h8-12,14,21H,4-7,13H2,1-3H3,(H,23,24). The molecular weight excluding hydrogens is 298 g/mol. The highest BCUT2D eigenvalue weighted by Gasteiger charge is 2.11. The smallest absolute Gasteiger partial charge is 0.274 e. The summed E-state index contributed by atoms with van der Waals surface area (Å²) in [6, 6.07) is 9.74. The summed E-state index contributed by atoms with van der Waals surface area (Å²) in [5, 5.41) is 6.33. The second kappa shape index (κ2) is 9.06. The summed E-state index contributed by atoms with van der Waals surface area (Å²) < 4.78 is 0. The molecule has 0 aliphatic carbocycles. The molecule has 0 spiro atoms. The Morgan fingerprint density at radius 2 is 1.96 bits per heavy atom. The molecule has 0 aliphatic rings. The molecule has 4 nitrogen and oxygen atoms in total. The highest BCUT2D eigenvalue weighted by atomic mass is 16.1. The van der Waals surface area contributed by atoms with Gasteiger partial charge >= 0.3 is 0 Å². The number of hydrogen-bond donors (Lipinski definition) is 2. The number of carbonyl (C=O) groups is 1. The zero-order valence-corrected chi connectivity index (χ0v) is 14.9. The monoisotopic (exact) mass is 325 g/mol. The molecule has 0 saturated carbocycles. The van der Waals surface area contributed by atoms with Crippen LogP contribution in [0.25, 0.3) is 0 Å². The molecular formula is C20H27N3O. The second-order valence-corrected chi connectivity index (χ2v) is 5.98. The van der Waals surface area contributed by atoms with E-state index in [0.717, 1.165) is 41.9 Å². The zero-order chi connectivity index (χ0) is 17.4. The number of carbonyl (C=O) groups excluding carboxylic acids is 1. The van der Waals surface area contributed by atoms with E-state index >= 15 is 0 Å². The van der Waals surface area contributed by atoms with Gasteiger partial charge in [0.1, 0.15) is 5.69 Å². The molecule has 1 amide bonds. The van der Waals surface area contributed by atoms with Crippen molar-refractivity contribution < 1.29 is 4.79 Å². The van der Waals surface area contributed by atoms with Gasteiger partial charge in [0.2, 0.25) is 0 Å². The van der Waals surface area contributed by atoms with Gasteiger partial charge in [0.05, 0.1) is 11.9 Å². The van der Waals surface area contributed by atoms with Crippen LogP contribution in [0.2, 0.25) is 0 Å². The SMILES string of the molecule is CCCCCNc1ccc(C(=O)Nc2c(C)cccc2CC)nc1. The summed E-state index contributed by atoms with van der Waals surface area (Å²) in [5.74, 6) is -0.170. The van der Waals surface area contributed by atoms with Crippen molar-refractivity contribution >= 4 is 17.3 Å². The van der Waals surface area contributed by atoms with Gasteiger partial charge in [0.15, 0.2) is 0 Å². The van der Waals surface area contributed by atoms with E-state index in [1.807, 2.05) is 31.2 Å². The lowest BCUT2D eigenvalue weighted by Gasteiger charge is -2.13. The van der Waals surface area contributed by atoms with Gasteiger partial charge in [-0.15, -0.1) is 0 Å². The minimum Gasteiger partial charge on any atom is -0.384 e. The Bertz CT molecular complexity index is 665. The Balaban J connectivity index is 2.00. The third-order valence-corrected chi connectivity index (χ3v) is 4.08. The number of rotatable bonds is 8. The molecule has 0 atom stereocenters. The molecule has 128 valence electrons. The lowest BCUT2D eigenvalue weighted by molar-refractivity contribution is 0.102. The van der Waals surface area contributed by atoms with Crippen LogP contribution in [0.1, 0.15) is 54.7 Å². The van der Waals surface area contributed by atoms with Crippen LogP contribution in [-0.4, -0.2) is 17.4 Å². The fraction of sp³-hybridized carbons (Fsp3) is 0.400. The largest absolute Gasteiger partial charge is 0.384 e. The molecule has 4 heteroatoms. The van der Waals surface area contributed by atoms with Crippen LogP contribution < -0.4 is 10.6 Å². The number of anilines is 2. The van der Waals surface area contributed by atoms with Gasteiger partial charge in [-0.05, 0) is 43.0 Å². The highest BCUT2D eigenvalue weighted by molar-refractivity contribution is 6.03. The predicted octanol–water partition coefficient (Wildman–Crippen LogP) is 4.81. The number of benzene rings is 1. The number of para-hydroxylation sites is 1. The molecule has 24 heavy (non-hydrogen) atoms. The minimum absolute atomic E-state index is 0.170. The van der Waals surface area contributed by atoms with Crippen LogP contribution >= 0.6 is 0 Å². The van der Waals surface area contributed by atoms with Gasteiger partial charge in [-0.3, -0.25) is 4.79 Å². The second-order valence-electron chi connectivity index (χ2n) is 5.98. The van der Waals surface area contributed by atoms with E-state index in [2.05, 4.69) is 29.5 Å². The fourth-order valence-corrected chi connectivity index (χ4v) is 2.62. The minimum atomic E-state index is -0.170. The molecule has 0 bridgehead atoms. The van der Waals surface area contributed by atoms with E-state index in [1.165, 1.54) is 12.8 Å². The molecule has 0 unspecified atom stereocenters. The van der Waals surface area contributed by atoms with Crippen molar-refractivity contribution in [2.24, 2.45) is 0 Å². The Hall–Kier alpha value is -2.36. The van der Waals surface area contributed by atoms with Gasteiger partial charge in [0, 0.05) is 12.2 Å². The number of amides is 1. The van der Waals surface area contributed by atoms with E-state index < -0.39 is 0 Å². The highest BCUT2D eigenvalue weighted by Crippen LogP contribution is 2.21. The number of aryl methyl sites for hydroxylation is 2. The van der Waals surface area contributed by atoms with Crippen LogP contribution in [-0.2, 0) is 6.42 Å². The van der Waals surface area contributed by atoms with Gasteiger partial charge in [-0.2, -0.15) is 0 Å². The molecule has 1 heterocycles. The molecule has 0 saturated heterocycles. The van der Waals surface area contributed by atoms with Crippen LogP contribution in [0.15, 0.2) is 36.5 Å². The van der Waals surface area contributed by atoms with Crippen LogP contribution in [0.5, 0.6) is 0 Å². The van der Waals surface area contributed by atoms with Crippen molar-refractivity contribution in [1.82, 2.24) is 4.98 Å². The van der Waals surface area contributed by atoms with E-state index in [1.54, 1.807) is 12.3 Å². The molecule has 0 aliphatic heterocycles. The van der Waals surface area contributed by atoms with Gasteiger partial charge in [-0.1, -0.05) is 44.9 Å². The van der Waals surface area contributed by atoms with Crippen molar-refractivity contribution in [2.45, 2.75) is 46.5 Å². The van der Waals surface area contributed by atoms with Crippen molar-refractivity contribution in [3.8, 4) is 0 Å². The number of hydrogen-bond acceptors (Lipinski definition) is 3. The van der Waals surface area contributed by atoms with Crippen molar-refractivity contribution in [3.05, 3.63) is 53.3 Å². The average molecular weight is 325 g/mol. The molecule has 2 N–H and O–H groups in total. The molecule has 0 fully saturated rings. The Labute approximate surface area is 144 Å². The first-order valence-corrected chi connectivity index (χ1v) is 8.75. The number of aromatic nitrogens is 1. The van der Waals surface area contributed by atoms with E-state index in [0.29, 0.717) is 5.69 Å². The number of nitrogens with zero attached hydrogens (tertiary/aromatic N) is 1. The molecule has 1 aromatic carbocycles.